The minimum atomic E-state index is 0.144. The summed E-state index contributed by atoms with van der Waals surface area (Å²) in [7, 11) is 2.00. The van der Waals surface area contributed by atoms with Crippen LogP contribution in [0.15, 0.2) is 16.8 Å². The molecule has 1 unspecified atom stereocenters. The molecule has 0 heterocycles. The summed E-state index contributed by atoms with van der Waals surface area (Å²) in [5.74, 6) is 0. The highest BCUT2D eigenvalue weighted by molar-refractivity contribution is 5.52. The van der Waals surface area contributed by atoms with Gasteiger partial charge >= 0.3 is 0 Å². The van der Waals surface area contributed by atoms with Crippen LogP contribution in [-0.4, -0.2) is 37.4 Å². The van der Waals surface area contributed by atoms with E-state index >= 15 is 0 Å². The molecule has 0 fully saturated rings. The van der Waals surface area contributed by atoms with Crippen molar-refractivity contribution in [3.8, 4) is 0 Å². The molecule has 0 saturated carbocycles. The Labute approximate surface area is 80.3 Å². The number of hydrogen-bond donors (Lipinski definition) is 2. The largest absolute Gasteiger partial charge is 0.390 e. The summed E-state index contributed by atoms with van der Waals surface area (Å²) in [5.41, 5.74) is 11.8. The predicted octanol–water partition coefficient (Wildman–Crippen LogP) is 0.156. The van der Waals surface area contributed by atoms with E-state index < -0.39 is 0 Å². The van der Waals surface area contributed by atoms with Crippen molar-refractivity contribution >= 4 is 6.34 Å². The van der Waals surface area contributed by atoms with E-state index in [1.807, 2.05) is 27.1 Å². The first-order valence-electron chi connectivity index (χ1n) is 4.43. The van der Waals surface area contributed by atoms with Crippen molar-refractivity contribution in [3.63, 3.8) is 0 Å². The Balaban J connectivity index is 4.13. The first-order valence-corrected chi connectivity index (χ1v) is 4.43. The molecular formula is C9H20N4. The van der Waals surface area contributed by atoms with Crippen LogP contribution in [0.5, 0.6) is 0 Å². The molecule has 0 amide bonds. The van der Waals surface area contributed by atoms with E-state index in [0.29, 0.717) is 6.54 Å². The molecule has 4 heteroatoms. The zero-order valence-corrected chi connectivity index (χ0v) is 8.70. The Kier molecular flexibility index (Phi) is 5.97. The lowest BCUT2D eigenvalue weighted by atomic mass is 10.2. The van der Waals surface area contributed by atoms with Crippen LogP contribution in [-0.2, 0) is 0 Å². The third-order valence-corrected chi connectivity index (χ3v) is 1.87. The van der Waals surface area contributed by atoms with Crippen LogP contribution in [0.1, 0.15) is 13.8 Å². The lowest BCUT2D eigenvalue weighted by Gasteiger charge is -2.15. The highest BCUT2D eigenvalue weighted by Crippen LogP contribution is 2.04. The minimum absolute atomic E-state index is 0.144. The normalized spacial score (nSPS) is 14.9. The van der Waals surface area contributed by atoms with Gasteiger partial charge in [-0.1, -0.05) is 0 Å². The Hall–Kier alpha value is -1.03. The Morgan fingerprint density at radius 3 is 2.69 bits per heavy atom. The quantitative estimate of drug-likeness (QED) is 0.472. The molecule has 4 nitrogen and oxygen atoms in total. The van der Waals surface area contributed by atoms with Crippen molar-refractivity contribution < 1.29 is 0 Å². The summed E-state index contributed by atoms with van der Waals surface area (Å²) >= 11 is 0. The van der Waals surface area contributed by atoms with Gasteiger partial charge in [0, 0.05) is 20.1 Å². The standard InChI is InChI=1S/C9H20N4/c1-8(9(2)12-7-11)6-13(3)5-4-10/h6-7,9H,4-5,10H2,1-3H3,(H2,11,12)/b8-6+. The van der Waals surface area contributed by atoms with Gasteiger partial charge < -0.3 is 16.4 Å². The zero-order valence-electron chi connectivity index (χ0n) is 8.70. The number of nitrogens with two attached hydrogens (primary N) is 2. The number of rotatable bonds is 5. The first kappa shape index (κ1) is 12.0. The maximum absolute atomic E-state index is 5.42. The smallest absolute Gasteiger partial charge is 0.0805 e. The number of nitrogens with zero attached hydrogens (tertiary/aromatic N) is 2. The number of hydrogen-bond acceptors (Lipinski definition) is 3. The summed E-state index contributed by atoms with van der Waals surface area (Å²) < 4.78 is 0. The average molecular weight is 184 g/mol. The van der Waals surface area contributed by atoms with Gasteiger partial charge in [-0.25, -0.2) is 0 Å². The van der Waals surface area contributed by atoms with Gasteiger partial charge in [-0.2, -0.15) is 0 Å². The highest BCUT2D eigenvalue weighted by Gasteiger charge is 2.00. The highest BCUT2D eigenvalue weighted by atomic mass is 15.1. The number of aliphatic imine (C=N–C) groups is 1. The maximum Gasteiger partial charge on any atom is 0.0805 e. The third kappa shape index (κ3) is 5.25. The SMILES string of the molecule is C/C(=C\N(C)CCN)C(C)N=CN. The molecule has 0 bridgehead atoms. The van der Waals surface area contributed by atoms with Crippen LogP contribution >= 0.6 is 0 Å². The van der Waals surface area contributed by atoms with Crippen LogP contribution in [0.3, 0.4) is 0 Å². The fraction of sp³-hybridized carbons (Fsp3) is 0.667. The van der Waals surface area contributed by atoms with E-state index in [2.05, 4.69) is 9.89 Å². The zero-order chi connectivity index (χ0) is 10.3. The first-order chi connectivity index (χ1) is 6.11. The average Bonchev–Trinajstić information content (AvgIpc) is 2.05. The summed E-state index contributed by atoms with van der Waals surface area (Å²) in [6.45, 7) is 5.56. The van der Waals surface area contributed by atoms with E-state index in [9.17, 15) is 0 Å². The third-order valence-electron chi connectivity index (χ3n) is 1.87. The lowest BCUT2D eigenvalue weighted by Crippen LogP contribution is -2.21. The fourth-order valence-corrected chi connectivity index (χ4v) is 0.970. The van der Waals surface area contributed by atoms with Gasteiger partial charge in [0.2, 0.25) is 0 Å². The molecule has 0 aliphatic rings. The van der Waals surface area contributed by atoms with Crippen molar-refractivity contribution in [1.82, 2.24) is 4.90 Å². The molecule has 1 atom stereocenters. The predicted molar refractivity (Wildman–Crippen MR) is 57.6 cm³/mol. The molecule has 0 aliphatic carbocycles. The summed E-state index contributed by atoms with van der Waals surface area (Å²) in [5, 5.41) is 0. The summed E-state index contributed by atoms with van der Waals surface area (Å²) in [6, 6.07) is 0.144. The van der Waals surface area contributed by atoms with Crippen LogP contribution in [0.2, 0.25) is 0 Å². The van der Waals surface area contributed by atoms with E-state index in [4.69, 9.17) is 11.5 Å². The van der Waals surface area contributed by atoms with E-state index in [1.165, 1.54) is 11.9 Å². The van der Waals surface area contributed by atoms with E-state index in [-0.39, 0.29) is 6.04 Å². The molecule has 0 aromatic carbocycles. The molecule has 76 valence electrons. The Morgan fingerprint density at radius 2 is 2.23 bits per heavy atom. The minimum Gasteiger partial charge on any atom is -0.390 e. The molecule has 0 saturated heterocycles. The Bertz CT molecular complexity index is 186. The topological polar surface area (TPSA) is 67.6 Å². The maximum atomic E-state index is 5.42. The van der Waals surface area contributed by atoms with Crippen LogP contribution in [0, 0.1) is 0 Å². The molecular weight excluding hydrogens is 164 g/mol. The fourth-order valence-electron chi connectivity index (χ4n) is 0.970. The molecule has 13 heavy (non-hydrogen) atoms. The summed E-state index contributed by atoms with van der Waals surface area (Å²) in [6.07, 6.45) is 3.38. The van der Waals surface area contributed by atoms with Gasteiger partial charge in [0.1, 0.15) is 0 Å². The van der Waals surface area contributed by atoms with Crippen molar-refractivity contribution in [3.05, 3.63) is 11.8 Å². The second-order valence-electron chi connectivity index (χ2n) is 3.12. The molecule has 0 aromatic heterocycles. The van der Waals surface area contributed by atoms with Gasteiger partial charge in [0.25, 0.3) is 0 Å². The second kappa shape index (κ2) is 6.48. The van der Waals surface area contributed by atoms with E-state index in [0.717, 1.165) is 6.54 Å². The molecule has 0 aromatic rings. The van der Waals surface area contributed by atoms with Crippen molar-refractivity contribution in [2.75, 3.05) is 20.1 Å². The van der Waals surface area contributed by atoms with Crippen LogP contribution in [0.4, 0.5) is 0 Å². The monoisotopic (exact) mass is 184 g/mol. The van der Waals surface area contributed by atoms with Gasteiger partial charge in [-0.15, -0.1) is 0 Å². The van der Waals surface area contributed by atoms with Crippen LogP contribution in [0.25, 0.3) is 0 Å². The van der Waals surface area contributed by atoms with Gasteiger partial charge in [0.15, 0.2) is 0 Å². The van der Waals surface area contributed by atoms with Crippen molar-refractivity contribution in [2.24, 2.45) is 16.5 Å². The molecule has 0 spiro atoms. The molecule has 0 aliphatic heterocycles. The summed E-state index contributed by atoms with van der Waals surface area (Å²) in [4.78, 5) is 6.12. The van der Waals surface area contributed by atoms with Crippen molar-refractivity contribution in [1.29, 1.82) is 0 Å². The van der Waals surface area contributed by atoms with Crippen molar-refractivity contribution in [2.45, 2.75) is 19.9 Å². The van der Waals surface area contributed by atoms with E-state index in [1.54, 1.807) is 0 Å². The van der Waals surface area contributed by atoms with Gasteiger partial charge in [-0.3, -0.25) is 4.99 Å². The van der Waals surface area contributed by atoms with Gasteiger partial charge in [-0.05, 0) is 25.6 Å². The molecule has 0 radical (unpaired) electrons. The lowest BCUT2D eigenvalue weighted by molar-refractivity contribution is 0.461. The van der Waals surface area contributed by atoms with Crippen LogP contribution < -0.4 is 11.5 Å². The van der Waals surface area contributed by atoms with Gasteiger partial charge in [0.05, 0.1) is 12.4 Å². The molecule has 4 N–H and O–H groups in total. The Morgan fingerprint density at radius 1 is 1.62 bits per heavy atom. The number of likely N-dealkylation sites (N-methyl/N-ethyl adjacent to an activating group) is 1. The second-order valence-corrected chi connectivity index (χ2v) is 3.12. The molecule has 0 rings (SSSR count).